The van der Waals surface area contributed by atoms with E-state index in [9.17, 15) is 18.7 Å². The van der Waals surface area contributed by atoms with Crippen molar-refractivity contribution >= 4 is 28.7 Å². The predicted octanol–water partition coefficient (Wildman–Crippen LogP) is 2.23. The number of ether oxygens (including phenoxy) is 1. The number of aliphatic hydroxyl groups excluding tert-OH is 1. The number of anilines is 2. The highest BCUT2D eigenvalue weighted by molar-refractivity contribution is 5.84. The van der Waals surface area contributed by atoms with Crippen molar-refractivity contribution in [3.05, 3.63) is 36.2 Å². The van der Waals surface area contributed by atoms with E-state index in [1.807, 2.05) is 4.90 Å². The van der Waals surface area contributed by atoms with E-state index in [4.69, 9.17) is 4.74 Å². The number of morpholine rings is 1. The second-order valence-electron chi connectivity index (χ2n) is 9.09. The van der Waals surface area contributed by atoms with E-state index in [1.165, 1.54) is 4.57 Å². The van der Waals surface area contributed by atoms with Crippen LogP contribution in [-0.2, 0) is 9.53 Å². The number of carbonyl (C=O) groups is 1. The van der Waals surface area contributed by atoms with Crippen molar-refractivity contribution in [2.24, 2.45) is 5.92 Å². The van der Waals surface area contributed by atoms with Gasteiger partial charge in [-0.3, -0.25) is 9.36 Å². The van der Waals surface area contributed by atoms with Crippen molar-refractivity contribution in [1.82, 2.24) is 24.4 Å². The number of likely N-dealkylation sites (tertiary alicyclic amines) is 1. The Morgan fingerprint density at radius 3 is 2.64 bits per heavy atom. The first-order valence-corrected chi connectivity index (χ1v) is 12.1. The lowest BCUT2D eigenvalue weighted by Crippen LogP contribution is -2.41. The first kappa shape index (κ1) is 24.3. The Morgan fingerprint density at radius 2 is 1.92 bits per heavy atom. The molecule has 1 aromatic carbocycles. The molecule has 1 amide bonds. The largest absolute Gasteiger partial charge is 0.396 e. The van der Waals surface area contributed by atoms with Gasteiger partial charge in [0.05, 0.1) is 24.2 Å². The van der Waals surface area contributed by atoms with Crippen LogP contribution in [0, 0.1) is 5.92 Å². The molecule has 3 aromatic rings. The van der Waals surface area contributed by atoms with Gasteiger partial charge >= 0.3 is 0 Å². The Morgan fingerprint density at radius 1 is 1.17 bits per heavy atom. The van der Waals surface area contributed by atoms with E-state index in [-0.39, 0.29) is 30.2 Å². The van der Waals surface area contributed by atoms with Gasteiger partial charge in [0.2, 0.25) is 11.9 Å². The number of benzene rings is 1. The van der Waals surface area contributed by atoms with E-state index < -0.39 is 18.3 Å². The zero-order valence-electron chi connectivity index (χ0n) is 20.0. The molecule has 36 heavy (non-hydrogen) atoms. The van der Waals surface area contributed by atoms with Gasteiger partial charge in [0.1, 0.15) is 17.7 Å². The van der Waals surface area contributed by atoms with Gasteiger partial charge in [0.25, 0.3) is 6.43 Å². The first-order valence-electron chi connectivity index (χ1n) is 12.1. The van der Waals surface area contributed by atoms with Gasteiger partial charge in [-0.2, -0.15) is 9.97 Å². The average molecular weight is 502 g/mol. The minimum absolute atomic E-state index is 0.0466. The van der Waals surface area contributed by atoms with Crippen LogP contribution in [0.3, 0.4) is 0 Å². The van der Waals surface area contributed by atoms with Crippen LogP contribution in [0.1, 0.15) is 25.6 Å². The van der Waals surface area contributed by atoms with Crippen molar-refractivity contribution in [1.29, 1.82) is 0 Å². The summed E-state index contributed by atoms with van der Waals surface area (Å²) in [6.45, 7) is 5.07. The lowest BCUT2D eigenvalue weighted by molar-refractivity contribution is -0.130. The number of nitrogens with one attached hydrogen (secondary N) is 1. The Kier molecular flexibility index (Phi) is 6.97. The van der Waals surface area contributed by atoms with Crippen molar-refractivity contribution in [2.75, 3.05) is 56.2 Å². The van der Waals surface area contributed by atoms with Crippen molar-refractivity contribution < 1.29 is 23.4 Å². The van der Waals surface area contributed by atoms with E-state index in [0.29, 0.717) is 56.2 Å². The Hall–Kier alpha value is -3.38. The van der Waals surface area contributed by atoms with E-state index in [2.05, 4.69) is 20.3 Å². The maximum Gasteiger partial charge on any atom is 0.296 e. The Balaban J connectivity index is 1.52. The summed E-state index contributed by atoms with van der Waals surface area (Å²) >= 11 is 0. The molecule has 0 saturated carbocycles. The molecule has 0 aliphatic carbocycles. The molecular formula is C24H29F2N7O3. The average Bonchev–Trinajstić information content (AvgIpc) is 3.54. The number of para-hydroxylation sites is 2. The van der Waals surface area contributed by atoms with Gasteiger partial charge in [-0.05, 0) is 25.5 Å². The summed E-state index contributed by atoms with van der Waals surface area (Å²) in [5.41, 5.74) is 0.937. The second-order valence-corrected chi connectivity index (χ2v) is 9.09. The molecule has 2 atom stereocenters. The maximum atomic E-state index is 14.0. The predicted molar refractivity (Wildman–Crippen MR) is 130 cm³/mol. The molecule has 2 fully saturated rings. The minimum atomic E-state index is -2.81. The summed E-state index contributed by atoms with van der Waals surface area (Å²) in [4.78, 5) is 30.0. The fourth-order valence-corrected chi connectivity index (χ4v) is 4.70. The molecule has 192 valence electrons. The van der Waals surface area contributed by atoms with Crippen molar-refractivity contribution in [2.45, 2.75) is 25.8 Å². The number of halogens is 2. The lowest BCUT2D eigenvalue weighted by atomic mass is 10.1. The molecule has 1 unspecified atom stereocenters. The highest BCUT2D eigenvalue weighted by Gasteiger charge is 2.29. The van der Waals surface area contributed by atoms with Crippen LogP contribution in [-0.4, -0.2) is 87.5 Å². The third-order valence-electron chi connectivity index (χ3n) is 6.62. The number of aliphatic hydroxyl groups is 1. The molecule has 0 radical (unpaired) electrons. The number of nitrogens with zero attached hydrogens (tertiary/aromatic N) is 6. The lowest BCUT2D eigenvalue weighted by Gasteiger charge is -2.29. The molecule has 2 aliphatic rings. The summed E-state index contributed by atoms with van der Waals surface area (Å²) in [5, 5.41) is 12.5. The number of fused-ring (bicyclic) bond motifs is 1. The number of amides is 1. The Bertz CT molecular complexity index is 1230. The molecule has 2 aromatic heterocycles. The monoisotopic (exact) mass is 501 g/mol. The topological polar surface area (TPSA) is 109 Å². The van der Waals surface area contributed by atoms with E-state index in [1.54, 1.807) is 42.2 Å². The zero-order chi connectivity index (χ0) is 25.2. The highest BCUT2D eigenvalue weighted by atomic mass is 19.3. The molecule has 2 saturated heterocycles. The van der Waals surface area contributed by atoms with Gasteiger partial charge in [0, 0.05) is 44.8 Å². The van der Waals surface area contributed by atoms with Crippen LogP contribution in [0.2, 0.25) is 0 Å². The minimum Gasteiger partial charge on any atom is -0.396 e. The number of hydrogen-bond acceptors (Lipinski definition) is 8. The number of imidazole rings is 1. The smallest absolute Gasteiger partial charge is 0.296 e. The second kappa shape index (κ2) is 10.3. The zero-order valence-corrected chi connectivity index (χ0v) is 20.0. The third kappa shape index (κ3) is 4.82. The van der Waals surface area contributed by atoms with Crippen LogP contribution in [0.5, 0.6) is 0 Å². The van der Waals surface area contributed by atoms with Crippen molar-refractivity contribution in [3.63, 3.8) is 0 Å². The summed E-state index contributed by atoms with van der Waals surface area (Å²) < 4.78 is 34.8. The number of carbonyl (C=O) groups excluding carboxylic acids is 1. The summed E-state index contributed by atoms with van der Waals surface area (Å²) in [7, 11) is 0. The number of hydrogen-bond donors (Lipinski definition) is 2. The van der Waals surface area contributed by atoms with Crippen LogP contribution in [0.25, 0.3) is 16.9 Å². The van der Waals surface area contributed by atoms with Gasteiger partial charge in [-0.15, -0.1) is 0 Å². The van der Waals surface area contributed by atoms with Gasteiger partial charge < -0.3 is 25.0 Å². The van der Waals surface area contributed by atoms with Gasteiger partial charge in [-0.25, -0.2) is 13.8 Å². The van der Waals surface area contributed by atoms with Gasteiger partial charge in [-0.1, -0.05) is 12.1 Å². The summed E-state index contributed by atoms with van der Waals surface area (Å²) in [6.07, 6.45) is -2.06. The third-order valence-corrected chi connectivity index (χ3v) is 6.62. The number of rotatable bonds is 7. The Labute approximate surface area is 206 Å². The SMILES string of the molecule is C[C@H](Nc1nc(N2CCOCC2)cc(-n2c(C(F)F)nc3ccccc32)n1)C(=O)N1CCC(CO)C1. The molecule has 0 spiro atoms. The quantitative estimate of drug-likeness (QED) is 0.508. The first-order chi connectivity index (χ1) is 17.4. The standard InChI is InChI=1S/C24H29F2N7O3/c1-15(23(35)32-7-6-16(13-32)14-34)27-24-29-19(31-8-10-36-11-9-31)12-20(30-24)33-18-5-3-2-4-17(18)28-22(33)21(25)26/h2-5,12,15-16,21,34H,6-11,13-14H2,1H3,(H,27,29,30)/t15-,16?/m0/s1. The molecule has 4 heterocycles. The highest BCUT2D eigenvalue weighted by Crippen LogP contribution is 2.29. The number of alkyl halides is 2. The van der Waals surface area contributed by atoms with E-state index >= 15 is 0 Å². The van der Waals surface area contributed by atoms with Crippen LogP contribution >= 0.6 is 0 Å². The molecule has 0 bridgehead atoms. The summed E-state index contributed by atoms with van der Waals surface area (Å²) in [5.74, 6) is 0.477. The molecule has 12 heteroatoms. The fourth-order valence-electron chi connectivity index (χ4n) is 4.70. The van der Waals surface area contributed by atoms with Crippen LogP contribution < -0.4 is 10.2 Å². The van der Waals surface area contributed by atoms with E-state index in [0.717, 1.165) is 6.42 Å². The van der Waals surface area contributed by atoms with Crippen LogP contribution in [0.4, 0.5) is 20.5 Å². The molecule has 5 rings (SSSR count). The molecular weight excluding hydrogens is 472 g/mol. The van der Waals surface area contributed by atoms with Crippen molar-refractivity contribution in [3.8, 4) is 5.82 Å². The normalized spacial score (nSPS) is 19.3. The van der Waals surface area contributed by atoms with Crippen LogP contribution in [0.15, 0.2) is 30.3 Å². The maximum absolute atomic E-state index is 14.0. The molecule has 2 aliphatic heterocycles. The molecule has 2 N–H and O–H groups in total. The fraction of sp³-hybridized carbons (Fsp3) is 0.500. The van der Waals surface area contributed by atoms with Gasteiger partial charge in [0.15, 0.2) is 5.82 Å². The number of aromatic nitrogens is 4. The summed E-state index contributed by atoms with van der Waals surface area (Å²) in [6, 6.07) is 7.91. The molecule has 10 nitrogen and oxygen atoms in total.